The van der Waals surface area contributed by atoms with E-state index in [0.29, 0.717) is 6.54 Å². The number of hydrogen-bond acceptors (Lipinski definition) is 3. The van der Waals surface area contributed by atoms with Crippen molar-refractivity contribution in [2.45, 2.75) is 52.5 Å². The van der Waals surface area contributed by atoms with Crippen molar-refractivity contribution in [3.63, 3.8) is 0 Å². The summed E-state index contributed by atoms with van der Waals surface area (Å²) in [4.78, 5) is 17.6. The number of rotatable bonds is 11. The summed E-state index contributed by atoms with van der Waals surface area (Å²) in [7, 11) is 0. The third kappa shape index (κ3) is 7.81. The lowest BCUT2D eigenvalue weighted by Crippen LogP contribution is -2.32. The van der Waals surface area contributed by atoms with Crippen LogP contribution in [0.15, 0.2) is 24.4 Å². The van der Waals surface area contributed by atoms with E-state index < -0.39 is 5.97 Å². The Bertz CT molecular complexity index is 395. The summed E-state index contributed by atoms with van der Waals surface area (Å²) >= 11 is 0. The molecule has 1 rings (SSSR count). The van der Waals surface area contributed by atoms with Crippen molar-refractivity contribution in [2.75, 3.05) is 13.1 Å². The maximum atomic E-state index is 11.1. The summed E-state index contributed by atoms with van der Waals surface area (Å²) in [6.07, 6.45) is 7.92. The largest absolute Gasteiger partial charge is 0.481 e. The first-order chi connectivity index (χ1) is 10.1. The van der Waals surface area contributed by atoms with Gasteiger partial charge in [0.25, 0.3) is 0 Å². The topological polar surface area (TPSA) is 53.4 Å². The van der Waals surface area contributed by atoms with E-state index in [4.69, 9.17) is 5.11 Å². The molecule has 1 aromatic heterocycles. The van der Waals surface area contributed by atoms with Crippen LogP contribution in [0.25, 0.3) is 0 Å². The number of carboxylic acids is 1. The van der Waals surface area contributed by atoms with E-state index in [1.807, 2.05) is 18.2 Å². The number of pyridine rings is 1. The molecule has 21 heavy (non-hydrogen) atoms. The molecule has 0 aliphatic carbocycles. The number of aromatic nitrogens is 1. The molecule has 0 saturated heterocycles. The van der Waals surface area contributed by atoms with Crippen molar-refractivity contribution >= 4 is 5.97 Å². The highest BCUT2D eigenvalue weighted by molar-refractivity contribution is 5.69. The molecular weight excluding hydrogens is 264 g/mol. The second kappa shape index (κ2) is 10.3. The van der Waals surface area contributed by atoms with Gasteiger partial charge in [0.05, 0.1) is 11.6 Å². The van der Waals surface area contributed by atoms with Gasteiger partial charge in [0, 0.05) is 19.3 Å². The van der Waals surface area contributed by atoms with Gasteiger partial charge in [-0.05, 0) is 25.1 Å². The van der Waals surface area contributed by atoms with Gasteiger partial charge >= 0.3 is 5.97 Å². The molecule has 0 spiro atoms. The van der Waals surface area contributed by atoms with E-state index in [0.717, 1.165) is 25.2 Å². The van der Waals surface area contributed by atoms with Gasteiger partial charge < -0.3 is 5.11 Å². The smallest absolute Gasteiger partial charge is 0.307 e. The van der Waals surface area contributed by atoms with Crippen LogP contribution >= 0.6 is 0 Å². The van der Waals surface area contributed by atoms with Crippen molar-refractivity contribution in [3.05, 3.63) is 30.1 Å². The number of unbranched alkanes of at least 4 members (excludes halogenated alkanes) is 4. The van der Waals surface area contributed by atoms with E-state index in [2.05, 4.69) is 16.8 Å². The van der Waals surface area contributed by atoms with Gasteiger partial charge in [0.2, 0.25) is 0 Å². The SMILES string of the molecule is CCCCCCCN(Cc1ccccn1)CC(C)C(=O)O. The number of nitrogens with zero attached hydrogens (tertiary/aromatic N) is 2. The summed E-state index contributed by atoms with van der Waals surface area (Å²) in [5.74, 6) is -1.07. The zero-order valence-corrected chi connectivity index (χ0v) is 13.3. The molecule has 4 nitrogen and oxygen atoms in total. The average Bonchev–Trinajstić information content (AvgIpc) is 2.47. The quantitative estimate of drug-likeness (QED) is 0.633. The molecule has 1 aromatic rings. The van der Waals surface area contributed by atoms with Crippen molar-refractivity contribution < 1.29 is 9.90 Å². The van der Waals surface area contributed by atoms with Gasteiger partial charge in [-0.2, -0.15) is 0 Å². The Morgan fingerprint density at radius 3 is 2.67 bits per heavy atom. The predicted octanol–water partition coefficient (Wildman–Crippen LogP) is 3.57. The Kier molecular flexibility index (Phi) is 8.67. The summed E-state index contributed by atoms with van der Waals surface area (Å²) < 4.78 is 0. The van der Waals surface area contributed by atoms with Crippen LogP contribution in [0.5, 0.6) is 0 Å². The van der Waals surface area contributed by atoms with Crippen LogP contribution in [0.1, 0.15) is 51.6 Å². The normalized spacial score (nSPS) is 12.5. The molecule has 118 valence electrons. The van der Waals surface area contributed by atoms with Crippen LogP contribution in [-0.4, -0.2) is 34.0 Å². The Hall–Kier alpha value is -1.42. The van der Waals surface area contributed by atoms with Crippen LogP contribution in [0.3, 0.4) is 0 Å². The van der Waals surface area contributed by atoms with Crippen molar-refractivity contribution in [1.29, 1.82) is 0 Å². The number of carboxylic acid groups (broad SMARTS) is 1. The fourth-order valence-corrected chi connectivity index (χ4v) is 2.36. The molecular formula is C17H28N2O2. The van der Waals surface area contributed by atoms with E-state index in [-0.39, 0.29) is 5.92 Å². The molecule has 0 bridgehead atoms. The van der Waals surface area contributed by atoms with Gasteiger partial charge in [-0.1, -0.05) is 45.6 Å². The number of aliphatic carboxylic acids is 1. The molecule has 0 radical (unpaired) electrons. The first kappa shape index (κ1) is 17.6. The minimum Gasteiger partial charge on any atom is -0.481 e. The third-order valence-electron chi connectivity index (χ3n) is 3.64. The van der Waals surface area contributed by atoms with Crippen molar-refractivity contribution in [3.8, 4) is 0 Å². The summed E-state index contributed by atoms with van der Waals surface area (Å²) in [6, 6.07) is 5.87. The van der Waals surface area contributed by atoms with Gasteiger partial charge in [0.15, 0.2) is 0 Å². The van der Waals surface area contributed by atoms with E-state index in [1.54, 1.807) is 13.1 Å². The zero-order valence-electron chi connectivity index (χ0n) is 13.3. The maximum absolute atomic E-state index is 11.1. The van der Waals surface area contributed by atoms with Gasteiger partial charge in [0.1, 0.15) is 0 Å². The molecule has 0 amide bonds. The highest BCUT2D eigenvalue weighted by Crippen LogP contribution is 2.09. The summed E-state index contributed by atoms with van der Waals surface area (Å²) in [6.45, 7) is 6.23. The minimum absolute atomic E-state index is 0.343. The van der Waals surface area contributed by atoms with Crippen molar-refractivity contribution in [2.24, 2.45) is 5.92 Å². The monoisotopic (exact) mass is 292 g/mol. The second-order valence-electron chi connectivity index (χ2n) is 5.71. The molecule has 0 aliphatic rings. The molecule has 0 saturated carbocycles. The maximum Gasteiger partial charge on any atom is 0.307 e. The van der Waals surface area contributed by atoms with E-state index >= 15 is 0 Å². The highest BCUT2D eigenvalue weighted by atomic mass is 16.4. The number of carbonyl (C=O) groups is 1. The van der Waals surface area contributed by atoms with E-state index in [1.165, 1.54) is 25.7 Å². The van der Waals surface area contributed by atoms with Crippen LogP contribution in [-0.2, 0) is 11.3 Å². The van der Waals surface area contributed by atoms with Crippen molar-refractivity contribution in [1.82, 2.24) is 9.88 Å². The Morgan fingerprint density at radius 2 is 2.05 bits per heavy atom. The lowest BCUT2D eigenvalue weighted by Gasteiger charge is -2.23. The molecule has 1 unspecified atom stereocenters. The molecule has 1 atom stereocenters. The molecule has 0 aromatic carbocycles. The minimum atomic E-state index is -0.730. The zero-order chi connectivity index (χ0) is 15.5. The van der Waals surface area contributed by atoms with Crippen LogP contribution < -0.4 is 0 Å². The Balaban J connectivity index is 2.47. The summed E-state index contributed by atoms with van der Waals surface area (Å²) in [5.41, 5.74) is 1.00. The van der Waals surface area contributed by atoms with Gasteiger partial charge in [-0.3, -0.25) is 14.7 Å². The lowest BCUT2D eigenvalue weighted by atomic mass is 10.1. The van der Waals surface area contributed by atoms with E-state index in [9.17, 15) is 4.79 Å². The Labute approximate surface area is 128 Å². The van der Waals surface area contributed by atoms with Gasteiger partial charge in [-0.25, -0.2) is 0 Å². The van der Waals surface area contributed by atoms with Crippen LogP contribution in [0.4, 0.5) is 0 Å². The fraction of sp³-hybridized carbons (Fsp3) is 0.647. The highest BCUT2D eigenvalue weighted by Gasteiger charge is 2.16. The number of hydrogen-bond donors (Lipinski definition) is 1. The molecule has 1 N–H and O–H groups in total. The molecule has 0 aliphatic heterocycles. The lowest BCUT2D eigenvalue weighted by molar-refractivity contribution is -0.141. The molecule has 0 fully saturated rings. The van der Waals surface area contributed by atoms with Crippen LogP contribution in [0.2, 0.25) is 0 Å². The average molecular weight is 292 g/mol. The van der Waals surface area contributed by atoms with Gasteiger partial charge in [-0.15, -0.1) is 0 Å². The first-order valence-electron chi connectivity index (χ1n) is 7.98. The molecule has 1 heterocycles. The first-order valence-corrected chi connectivity index (χ1v) is 7.98. The predicted molar refractivity (Wildman–Crippen MR) is 85.1 cm³/mol. The standard InChI is InChI=1S/C17H28N2O2/c1-3-4-5-6-9-12-19(13-15(2)17(20)21)14-16-10-7-8-11-18-16/h7-8,10-11,15H,3-6,9,12-14H2,1-2H3,(H,20,21). The van der Waals surface area contributed by atoms with Crippen LogP contribution in [0, 0.1) is 5.92 Å². The summed E-state index contributed by atoms with van der Waals surface area (Å²) in [5, 5.41) is 9.10. The fourth-order valence-electron chi connectivity index (χ4n) is 2.36. The second-order valence-corrected chi connectivity index (χ2v) is 5.71. The Morgan fingerprint density at radius 1 is 1.29 bits per heavy atom. The third-order valence-corrected chi connectivity index (χ3v) is 3.64. The molecule has 4 heteroatoms.